The van der Waals surface area contributed by atoms with Gasteiger partial charge in [-0.25, -0.2) is 4.79 Å². The fourth-order valence-corrected chi connectivity index (χ4v) is 2.19. The summed E-state index contributed by atoms with van der Waals surface area (Å²) >= 11 is 12.0. The number of hydrogen-bond donors (Lipinski definition) is 2. The van der Waals surface area contributed by atoms with Gasteiger partial charge in [0.1, 0.15) is 6.04 Å². The van der Waals surface area contributed by atoms with E-state index in [9.17, 15) is 9.59 Å². The van der Waals surface area contributed by atoms with E-state index in [0.717, 1.165) is 0 Å². The molecule has 21 heavy (non-hydrogen) atoms. The lowest BCUT2D eigenvalue weighted by molar-refractivity contribution is -0.144. The number of carbonyl (C=O) groups excluding carboxylic acids is 1. The summed E-state index contributed by atoms with van der Waals surface area (Å²) in [5.74, 6) is -1.60. The van der Waals surface area contributed by atoms with Crippen LogP contribution in [0.15, 0.2) is 24.3 Å². The summed E-state index contributed by atoms with van der Waals surface area (Å²) in [5.41, 5.74) is -0.0872. The number of rotatable bonds is 4. The Kier molecular flexibility index (Phi) is 5.81. The van der Waals surface area contributed by atoms with Crippen LogP contribution in [0.1, 0.15) is 26.3 Å². The molecule has 4 nitrogen and oxygen atoms in total. The quantitative estimate of drug-likeness (QED) is 0.829. The maximum Gasteiger partial charge on any atom is 0.326 e. The molecule has 1 amide bonds. The van der Waals surface area contributed by atoms with Gasteiger partial charge in [0.25, 0.3) is 0 Å². The molecule has 0 aliphatic rings. The summed E-state index contributed by atoms with van der Waals surface area (Å²) in [4.78, 5) is 23.0. The lowest BCUT2D eigenvalue weighted by atomic mass is 9.87. The molecule has 1 aromatic rings. The van der Waals surface area contributed by atoms with Gasteiger partial charge in [0, 0.05) is 21.7 Å². The van der Waals surface area contributed by atoms with E-state index in [1.54, 1.807) is 39.0 Å². The number of halogens is 2. The Bertz CT molecular complexity index is 557. The Morgan fingerprint density at radius 1 is 1.24 bits per heavy atom. The van der Waals surface area contributed by atoms with Gasteiger partial charge in [-0.05, 0) is 23.6 Å². The van der Waals surface area contributed by atoms with Crippen molar-refractivity contribution >= 4 is 41.2 Å². The first-order chi connectivity index (χ1) is 9.62. The number of hydrogen-bond acceptors (Lipinski definition) is 2. The minimum absolute atomic E-state index is 0.414. The minimum Gasteiger partial charge on any atom is -0.480 e. The van der Waals surface area contributed by atoms with Crippen LogP contribution in [0.4, 0.5) is 0 Å². The van der Waals surface area contributed by atoms with Crippen molar-refractivity contribution < 1.29 is 14.7 Å². The Morgan fingerprint density at radius 2 is 1.76 bits per heavy atom. The van der Waals surface area contributed by atoms with Crippen LogP contribution in [-0.4, -0.2) is 23.0 Å². The average molecular weight is 330 g/mol. The third-order valence-corrected chi connectivity index (χ3v) is 3.46. The molecule has 0 spiro atoms. The van der Waals surface area contributed by atoms with Gasteiger partial charge in [-0.3, -0.25) is 4.79 Å². The molecule has 1 aromatic carbocycles. The highest BCUT2D eigenvalue weighted by Gasteiger charge is 2.31. The predicted molar refractivity (Wildman–Crippen MR) is 84.5 cm³/mol. The minimum atomic E-state index is -1.08. The maximum absolute atomic E-state index is 11.9. The fraction of sp³-hybridized carbons (Fsp3) is 0.333. The van der Waals surface area contributed by atoms with Crippen molar-refractivity contribution in [3.8, 4) is 0 Å². The Balaban J connectivity index is 2.86. The van der Waals surface area contributed by atoms with Crippen molar-refractivity contribution in [2.45, 2.75) is 26.8 Å². The van der Waals surface area contributed by atoms with Gasteiger partial charge in [0.05, 0.1) is 0 Å². The van der Waals surface area contributed by atoms with E-state index >= 15 is 0 Å². The largest absolute Gasteiger partial charge is 0.480 e. The first-order valence-electron chi connectivity index (χ1n) is 6.28. The molecule has 0 saturated heterocycles. The molecule has 1 rings (SSSR count). The maximum atomic E-state index is 11.9. The van der Waals surface area contributed by atoms with E-state index in [-0.39, 0.29) is 0 Å². The van der Waals surface area contributed by atoms with Crippen molar-refractivity contribution in [3.05, 3.63) is 39.9 Å². The molecule has 0 saturated carbocycles. The van der Waals surface area contributed by atoms with E-state index < -0.39 is 23.3 Å². The molecule has 0 aromatic heterocycles. The van der Waals surface area contributed by atoms with Gasteiger partial charge in [-0.1, -0.05) is 50.0 Å². The third kappa shape index (κ3) is 5.06. The number of carboxylic acids is 1. The molecule has 1 unspecified atom stereocenters. The van der Waals surface area contributed by atoms with E-state index in [2.05, 4.69) is 5.32 Å². The second kappa shape index (κ2) is 6.96. The van der Waals surface area contributed by atoms with Crippen molar-refractivity contribution in [2.24, 2.45) is 5.41 Å². The Hall–Kier alpha value is -1.52. The second-order valence-electron chi connectivity index (χ2n) is 5.61. The fourth-order valence-electron chi connectivity index (χ4n) is 1.67. The highest BCUT2D eigenvalue weighted by Crippen LogP contribution is 2.25. The van der Waals surface area contributed by atoms with Crippen molar-refractivity contribution in [2.75, 3.05) is 0 Å². The molecular formula is C15H17Cl2NO3. The monoisotopic (exact) mass is 329 g/mol. The summed E-state index contributed by atoms with van der Waals surface area (Å²) in [6.07, 6.45) is 2.68. The highest BCUT2D eigenvalue weighted by atomic mass is 35.5. The van der Waals surface area contributed by atoms with Crippen molar-refractivity contribution in [3.63, 3.8) is 0 Å². The summed E-state index contributed by atoms with van der Waals surface area (Å²) in [7, 11) is 0. The molecule has 0 aliphatic heterocycles. The van der Waals surface area contributed by atoms with E-state index in [0.29, 0.717) is 15.6 Å². The smallest absolute Gasteiger partial charge is 0.326 e. The van der Waals surface area contributed by atoms with Crippen LogP contribution in [0.3, 0.4) is 0 Å². The lowest BCUT2D eigenvalue weighted by Crippen LogP contribution is -2.48. The Morgan fingerprint density at radius 3 is 2.19 bits per heavy atom. The number of aliphatic carboxylic acids is 1. The summed E-state index contributed by atoms with van der Waals surface area (Å²) in [5, 5.41) is 12.4. The summed E-state index contributed by atoms with van der Waals surface area (Å²) in [6.45, 7) is 5.21. The van der Waals surface area contributed by atoms with Gasteiger partial charge in [0.15, 0.2) is 0 Å². The van der Waals surface area contributed by atoms with Gasteiger partial charge >= 0.3 is 5.97 Å². The first-order valence-corrected chi connectivity index (χ1v) is 7.04. The molecule has 0 radical (unpaired) electrons. The zero-order valence-electron chi connectivity index (χ0n) is 12.0. The van der Waals surface area contributed by atoms with Crippen LogP contribution in [0.2, 0.25) is 10.0 Å². The molecule has 1 atom stereocenters. The molecule has 0 bridgehead atoms. The summed E-state index contributed by atoms with van der Waals surface area (Å²) < 4.78 is 0. The van der Waals surface area contributed by atoms with E-state index in [1.165, 1.54) is 12.2 Å². The van der Waals surface area contributed by atoms with Crippen LogP contribution in [-0.2, 0) is 9.59 Å². The van der Waals surface area contributed by atoms with Crippen LogP contribution >= 0.6 is 23.2 Å². The van der Waals surface area contributed by atoms with Gasteiger partial charge < -0.3 is 10.4 Å². The van der Waals surface area contributed by atoms with Crippen molar-refractivity contribution in [1.82, 2.24) is 5.32 Å². The first kappa shape index (κ1) is 17.5. The van der Waals surface area contributed by atoms with Crippen LogP contribution in [0.5, 0.6) is 0 Å². The normalized spacial score (nSPS) is 13.2. The molecule has 2 N–H and O–H groups in total. The number of carboxylic acid groups (broad SMARTS) is 1. The zero-order chi connectivity index (χ0) is 16.2. The van der Waals surface area contributed by atoms with Gasteiger partial charge in [-0.15, -0.1) is 0 Å². The molecule has 0 fully saturated rings. The average Bonchev–Trinajstić information content (AvgIpc) is 2.33. The highest BCUT2D eigenvalue weighted by molar-refractivity contribution is 6.37. The molecular weight excluding hydrogens is 313 g/mol. The van der Waals surface area contributed by atoms with Crippen LogP contribution < -0.4 is 5.32 Å². The molecule has 0 heterocycles. The number of carbonyl (C=O) groups is 2. The Labute approximate surface area is 133 Å². The molecule has 6 heteroatoms. The zero-order valence-corrected chi connectivity index (χ0v) is 13.5. The van der Waals surface area contributed by atoms with E-state index in [1.807, 2.05) is 0 Å². The predicted octanol–water partition coefficient (Wildman–Crippen LogP) is 3.62. The van der Waals surface area contributed by atoms with Crippen LogP contribution in [0, 0.1) is 5.41 Å². The number of nitrogens with one attached hydrogen (secondary N) is 1. The topological polar surface area (TPSA) is 66.4 Å². The molecule has 0 aliphatic carbocycles. The number of amides is 1. The summed E-state index contributed by atoms with van der Waals surface area (Å²) in [6, 6.07) is 4.01. The standard InChI is InChI=1S/C15H17Cl2NO3/c1-15(2,3)13(14(20)21)18-12(19)8-7-9-10(16)5-4-6-11(9)17/h4-8,13H,1-3H3,(H,18,19)(H,20,21)/b8-7+. The SMILES string of the molecule is CC(C)(C)C(NC(=O)/C=C/c1c(Cl)cccc1Cl)C(=O)O. The third-order valence-electron chi connectivity index (χ3n) is 2.80. The second-order valence-corrected chi connectivity index (χ2v) is 6.43. The van der Waals surface area contributed by atoms with Crippen molar-refractivity contribution in [1.29, 1.82) is 0 Å². The van der Waals surface area contributed by atoms with Crippen LogP contribution in [0.25, 0.3) is 6.08 Å². The van der Waals surface area contributed by atoms with Gasteiger partial charge in [-0.2, -0.15) is 0 Å². The molecule has 114 valence electrons. The number of benzene rings is 1. The lowest BCUT2D eigenvalue weighted by Gasteiger charge is -2.27. The van der Waals surface area contributed by atoms with Gasteiger partial charge in [0.2, 0.25) is 5.91 Å². The van der Waals surface area contributed by atoms with E-state index in [4.69, 9.17) is 28.3 Å².